The second kappa shape index (κ2) is 4.21. The van der Waals surface area contributed by atoms with E-state index < -0.39 is 0 Å². The van der Waals surface area contributed by atoms with Gasteiger partial charge in [0.15, 0.2) is 0 Å². The molecule has 0 atom stereocenters. The third kappa shape index (κ3) is 2.08. The molecule has 5 heteroatoms. The van der Waals surface area contributed by atoms with E-state index in [0.717, 1.165) is 11.3 Å². The predicted molar refractivity (Wildman–Crippen MR) is 61.1 cm³/mol. The Labute approximate surface area is 97.7 Å². The Hall–Kier alpha value is -2.43. The zero-order chi connectivity index (χ0) is 11.5. The van der Waals surface area contributed by atoms with E-state index in [1.54, 1.807) is 23.3 Å². The zero-order valence-corrected chi connectivity index (χ0v) is 9.02. The van der Waals surface area contributed by atoms with Crippen molar-refractivity contribution in [3.63, 3.8) is 0 Å². The van der Waals surface area contributed by atoms with E-state index in [1.807, 2.05) is 30.3 Å². The molecule has 84 valence electrons. The number of benzene rings is 1. The summed E-state index contributed by atoms with van der Waals surface area (Å²) in [6, 6.07) is 9.80. The summed E-state index contributed by atoms with van der Waals surface area (Å²) < 4.78 is 7.13. The molecule has 0 saturated heterocycles. The van der Waals surface area contributed by atoms with Crippen molar-refractivity contribution in [2.45, 2.75) is 6.54 Å². The molecule has 0 aliphatic carbocycles. The molecule has 3 aromatic rings. The summed E-state index contributed by atoms with van der Waals surface area (Å²) in [6.07, 6.45) is 5.07. The average molecular weight is 226 g/mol. The number of rotatable bonds is 3. The molecule has 0 aliphatic rings. The van der Waals surface area contributed by atoms with E-state index in [4.69, 9.17) is 4.42 Å². The highest BCUT2D eigenvalue weighted by molar-refractivity contribution is 5.52. The largest absolute Gasteiger partial charge is 0.444 e. The molecule has 0 unspecified atom stereocenters. The van der Waals surface area contributed by atoms with Gasteiger partial charge in [0.2, 0.25) is 5.89 Å². The van der Waals surface area contributed by atoms with E-state index in [-0.39, 0.29) is 0 Å². The Morgan fingerprint density at radius 2 is 2.06 bits per heavy atom. The minimum atomic E-state index is 0.566. The minimum absolute atomic E-state index is 0.566. The molecule has 0 spiro atoms. The molecule has 0 amide bonds. The standard InChI is InChI=1S/C12H10N4O/c1-2-4-10(5-3-1)12-14-11(9-17-12)8-16-7-6-13-15-16/h1-7,9H,8H2. The summed E-state index contributed by atoms with van der Waals surface area (Å²) in [6.45, 7) is 0.566. The Morgan fingerprint density at radius 3 is 2.82 bits per heavy atom. The summed E-state index contributed by atoms with van der Waals surface area (Å²) in [5.74, 6) is 0.626. The molecule has 1 aromatic carbocycles. The Balaban J connectivity index is 1.84. The lowest BCUT2D eigenvalue weighted by atomic mass is 10.2. The van der Waals surface area contributed by atoms with Gasteiger partial charge in [-0.1, -0.05) is 23.4 Å². The molecule has 0 N–H and O–H groups in total. The first-order valence-electron chi connectivity index (χ1n) is 5.26. The van der Waals surface area contributed by atoms with Crippen LogP contribution in [0.25, 0.3) is 11.5 Å². The fourth-order valence-electron chi connectivity index (χ4n) is 1.58. The molecular weight excluding hydrogens is 216 g/mol. The van der Waals surface area contributed by atoms with Crippen molar-refractivity contribution in [1.29, 1.82) is 0 Å². The molecule has 2 heterocycles. The zero-order valence-electron chi connectivity index (χ0n) is 9.02. The molecule has 0 bridgehead atoms. The molecule has 5 nitrogen and oxygen atoms in total. The lowest BCUT2D eigenvalue weighted by molar-refractivity contribution is 0.568. The SMILES string of the molecule is c1ccc(-c2nc(Cn3ccnn3)co2)cc1. The summed E-state index contributed by atoms with van der Waals surface area (Å²) >= 11 is 0. The summed E-state index contributed by atoms with van der Waals surface area (Å²) in [5, 5.41) is 7.62. The Morgan fingerprint density at radius 1 is 1.18 bits per heavy atom. The molecule has 0 aliphatic heterocycles. The number of nitrogens with zero attached hydrogens (tertiary/aromatic N) is 4. The third-order valence-electron chi connectivity index (χ3n) is 2.37. The molecular formula is C12H10N4O. The van der Waals surface area contributed by atoms with Gasteiger partial charge in [0, 0.05) is 11.8 Å². The van der Waals surface area contributed by atoms with Crippen molar-refractivity contribution < 1.29 is 4.42 Å². The lowest BCUT2D eigenvalue weighted by Crippen LogP contribution is -2.00. The van der Waals surface area contributed by atoms with Crippen molar-refractivity contribution in [1.82, 2.24) is 20.0 Å². The van der Waals surface area contributed by atoms with Gasteiger partial charge in [0.25, 0.3) is 0 Å². The van der Waals surface area contributed by atoms with Crippen molar-refractivity contribution >= 4 is 0 Å². The van der Waals surface area contributed by atoms with Gasteiger partial charge in [-0.2, -0.15) is 0 Å². The number of hydrogen-bond acceptors (Lipinski definition) is 4. The maximum atomic E-state index is 5.43. The van der Waals surface area contributed by atoms with Gasteiger partial charge in [-0.15, -0.1) is 5.10 Å². The van der Waals surface area contributed by atoms with Crippen LogP contribution in [-0.4, -0.2) is 20.0 Å². The molecule has 17 heavy (non-hydrogen) atoms. The lowest BCUT2D eigenvalue weighted by Gasteiger charge is -1.94. The van der Waals surface area contributed by atoms with Crippen LogP contribution in [0.1, 0.15) is 5.69 Å². The van der Waals surface area contributed by atoms with Gasteiger partial charge in [0.05, 0.1) is 12.7 Å². The molecule has 0 saturated carbocycles. The fourth-order valence-corrected chi connectivity index (χ4v) is 1.58. The number of aromatic nitrogens is 4. The van der Waals surface area contributed by atoms with Crippen LogP contribution >= 0.6 is 0 Å². The number of oxazole rings is 1. The first-order chi connectivity index (χ1) is 8.42. The van der Waals surface area contributed by atoms with Crippen molar-refractivity contribution in [2.75, 3.05) is 0 Å². The van der Waals surface area contributed by atoms with Crippen LogP contribution in [0.2, 0.25) is 0 Å². The first kappa shape index (κ1) is 9.77. The van der Waals surface area contributed by atoms with Crippen LogP contribution in [0.3, 0.4) is 0 Å². The van der Waals surface area contributed by atoms with Gasteiger partial charge >= 0.3 is 0 Å². The second-order valence-electron chi connectivity index (χ2n) is 3.61. The molecule has 0 fully saturated rings. The molecule has 2 aromatic heterocycles. The normalized spacial score (nSPS) is 10.6. The van der Waals surface area contributed by atoms with Crippen LogP contribution in [-0.2, 0) is 6.54 Å². The van der Waals surface area contributed by atoms with Gasteiger partial charge in [-0.25, -0.2) is 9.67 Å². The minimum Gasteiger partial charge on any atom is -0.444 e. The number of hydrogen-bond donors (Lipinski definition) is 0. The van der Waals surface area contributed by atoms with E-state index in [2.05, 4.69) is 15.3 Å². The van der Waals surface area contributed by atoms with E-state index in [1.165, 1.54) is 0 Å². The Kier molecular flexibility index (Phi) is 2.42. The highest BCUT2D eigenvalue weighted by atomic mass is 16.3. The van der Waals surface area contributed by atoms with Crippen LogP contribution in [0.4, 0.5) is 0 Å². The van der Waals surface area contributed by atoms with Crippen molar-refractivity contribution in [2.24, 2.45) is 0 Å². The smallest absolute Gasteiger partial charge is 0.226 e. The quantitative estimate of drug-likeness (QED) is 0.685. The van der Waals surface area contributed by atoms with Crippen LogP contribution < -0.4 is 0 Å². The average Bonchev–Trinajstić information content (AvgIpc) is 3.02. The van der Waals surface area contributed by atoms with Gasteiger partial charge < -0.3 is 4.42 Å². The third-order valence-corrected chi connectivity index (χ3v) is 2.37. The first-order valence-corrected chi connectivity index (χ1v) is 5.26. The highest BCUT2D eigenvalue weighted by Gasteiger charge is 2.06. The van der Waals surface area contributed by atoms with Gasteiger partial charge in [-0.3, -0.25) is 0 Å². The maximum absolute atomic E-state index is 5.43. The summed E-state index contributed by atoms with van der Waals surface area (Å²) in [7, 11) is 0. The van der Waals surface area contributed by atoms with Crippen LogP contribution in [0.5, 0.6) is 0 Å². The van der Waals surface area contributed by atoms with Crippen molar-refractivity contribution in [3.05, 3.63) is 54.7 Å². The van der Waals surface area contributed by atoms with E-state index >= 15 is 0 Å². The topological polar surface area (TPSA) is 56.7 Å². The second-order valence-corrected chi connectivity index (χ2v) is 3.61. The molecule has 3 rings (SSSR count). The van der Waals surface area contributed by atoms with Gasteiger partial charge in [-0.05, 0) is 12.1 Å². The highest BCUT2D eigenvalue weighted by Crippen LogP contribution is 2.17. The van der Waals surface area contributed by atoms with Crippen LogP contribution in [0, 0.1) is 0 Å². The monoisotopic (exact) mass is 226 g/mol. The van der Waals surface area contributed by atoms with Crippen LogP contribution in [0.15, 0.2) is 53.4 Å². The molecule has 0 radical (unpaired) electrons. The van der Waals surface area contributed by atoms with E-state index in [0.29, 0.717) is 12.4 Å². The summed E-state index contributed by atoms with van der Waals surface area (Å²) in [5.41, 5.74) is 1.80. The van der Waals surface area contributed by atoms with Gasteiger partial charge in [0.1, 0.15) is 12.0 Å². The summed E-state index contributed by atoms with van der Waals surface area (Å²) in [4.78, 5) is 4.40. The van der Waals surface area contributed by atoms with E-state index in [9.17, 15) is 0 Å². The maximum Gasteiger partial charge on any atom is 0.226 e. The predicted octanol–water partition coefficient (Wildman–Crippen LogP) is 1.98. The Bertz CT molecular complexity index is 586. The fraction of sp³-hybridized carbons (Fsp3) is 0.0833. The van der Waals surface area contributed by atoms with Crippen molar-refractivity contribution in [3.8, 4) is 11.5 Å².